The van der Waals surface area contributed by atoms with Gasteiger partial charge in [-0.15, -0.1) is 0 Å². The van der Waals surface area contributed by atoms with Gasteiger partial charge in [-0.1, -0.05) is 6.92 Å². The average Bonchev–Trinajstić information content (AvgIpc) is 2.64. The quantitative estimate of drug-likeness (QED) is 0.773. The van der Waals surface area contributed by atoms with E-state index in [1.165, 1.54) is 0 Å². The van der Waals surface area contributed by atoms with Crippen molar-refractivity contribution in [1.82, 2.24) is 10.2 Å². The number of amides is 1. The van der Waals surface area contributed by atoms with Gasteiger partial charge in [0, 0.05) is 30.5 Å². The molecule has 0 saturated carbocycles. The van der Waals surface area contributed by atoms with Gasteiger partial charge in [0.25, 0.3) is 0 Å². The lowest BCUT2D eigenvalue weighted by molar-refractivity contribution is -0.156. The number of alkyl carbamates (subject to hydrolysis) is 1. The number of nitrogens with one attached hydrogen (secondary N) is 1. The largest absolute Gasteiger partial charge is 0.461 e. The maximum atomic E-state index is 12.4. The van der Waals surface area contributed by atoms with Crippen LogP contribution in [0.25, 0.3) is 0 Å². The van der Waals surface area contributed by atoms with Crippen LogP contribution in [0.3, 0.4) is 0 Å². The molecule has 0 radical (unpaired) electrons. The van der Waals surface area contributed by atoms with Crippen molar-refractivity contribution in [3.05, 3.63) is 0 Å². The molecule has 0 aromatic rings. The maximum absolute atomic E-state index is 12.4. The Balaban J connectivity index is 1.90. The van der Waals surface area contributed by atoms with Crippen LogP contribution in [0.2, 0.25) is 0 Å². The highest BCUT2D eigenvalue weighted by Gasteiger charge is 2.49. The summed E-state index contributed by atoms with van der Waals surface area (Å²) in [7, 11) is 0. The molecule has 26 heavy (non-hydrogen) atoms. The summed E-state index contributed by atoms with van der Waals surface area (Å²) in [6, 6.07) is 0.178. The van der Waals surface area contributed by atoms with Gasteiger partial charge in [0.2, 0.25) is 0 Å². The molecule has 6 heteroatoms. The minimum Gasteiger partial charge on any atom is -0.461 e. The summed E-state index contributed by atoms with van der Waals surface area (Å²) in [6.07, 6.45) is 2.20. The average molecular weight is 369 g/mol. The van der Waals surface area contributed by atoms with Crippen molar-refractivity contribution in [1.29, 1.82) is 0 Å². The molecule has 2 saturated heterocycles. The van der Waals surface area contributed by atoms with Crippen LogP contribution >= 0.6 is 0 Å². The van der Waals surface area contributed by atoms with E-state index in [1.54, 1.807) is 27.7 Å². The highest BCUT2D eigenvalue weighted by molar-refractivity contribution is 5.81. The molecule has 1 amide bonds. The van der Waals surface area contributed by atoms with Crippen LogP contribution in [-0.2, 0) is 14.3 Å². The highest BCUT2D eigenvalue weighted by Crippen LogP contribution is 2.44. The standard InChI is InChI=1S/C20H36N2O4/c1-12-9-14-10-15(11-16(12)22(14)19(3,4)5)25-17(23)13(2)21-18(24)26-20(6,7)8/h12-16H,9-11H2,1-8H3,(H,21,24)/t12-,13+,14?,15-,16?/m1/s1. The van der Waals surface area contributed by atoms with E-state index in [2.05, 4.69) is 37.9 Å². The molecule has 2 bridgehead atoms. The molecule has 2 fully saturated rings. The number of carbonyl (C=O) groups excluding carboxylic acids is 2. The first-order valence-electron chi connectivity index (χ1n) is 9.76. The van der Waals surface area contributed by atoms with Crippen LogP contribution in [0.4, 0.5) is 4.79 Å². The molecule has 1 N–H and O–H groups in total. The van der Waals surface area contributed by atoms with Crippen molar-refractivity contribution >= 4 is 12.1 Å². The zero-order valence-corrected chi connectivity index (χ0v) is 17.6. The zero-order chi connectivity index (χ0) is 19.9. The molecule has 2 aliphatic heterocycles. The first-order chi connectivity index (χ1) is 11.8. The van der Waals surface area contributed by atoms with Gasteiger partial charge in [0.05, 0.1) is 0 Å². The molecular weight excluding hydrogens is 332 g/mol. The van der Waals surface area contributed by atoms with E-state index >= 15 is 0 Å². The molecular formula is C20H36N2O4. The number of fused-ring (bicyclic) bond motifs is 2. The van der Waals surface area contributed by atoms with Gasteiger partial charge in [0.1, 0.15) is 17.7 Å². The zero-order valence-electron chi connectivity index (χ0n) is 17.6. The normalized spacial score (nSPS) is 30.6. The van der Waals surface area contributed by atoms with E-state index in [1.807, 2.05) is 0 Å². The molecule has 5 atom stereocenters. The van der Waals surface area contributed by atoms with Crippen molar-refractivity contribution in [2.24, 2.45) is 5.92 Å². The first-order valence-corrected chi connectivity index (χ1v) is 9.76. The third-order valence-corrected chi connectivity index (χ3v) is 5.23. The van der Waals surface area contributed by atoms with E-state index in [9.17, 15) is 9.59 Å². The SMILES string of the molecule is C[C@H](NC(=O)OC(C)(C)C)C(=O)O[C@@H]1CC2C[C@@H](C)C(C1)N2C(C)(C)C. The summed E-state index contributed by atoms with van der Waals surface area (Å²) >= 11 is 0. The van der Waals surface area contributed by atoms with Crippen molar-refractivity contribution in [2.45, 2.75) is 110 Å². The number of hydrogen-bond acceptors (Lipinski definition) is 5. The molecule has 6 nitrogen and oxygen atoms in total. The summed E-state index contributed by atoms with van der Waals surface area (Å²) in [5, 5.41) is 2.56. The van der Waals surface area contributed by atoms with E-state index in [-0.39, 0.29) is 11.6 Å². The van der Waals surface area contributed by atoms with E-state index in [0.717, 1.165) is 19.3 Å². The third kappa shape index (κ3) is 5.12. The topological polar surface area (TPSA) is 67.9 Å². The number of nitrogens with zero attached hydrogens (tertiary/aromatic N) is 1. The third-order valence-electron chi connectivity index (χ3n) is 5.23. The van der Waals surface area contributed by atoms with Gasteiger partial charge in [0.15, 0.2) is 0 Å². The van der Waals surface area contributed by atoms with Gasteiger partial charge in [-0.25, -0.2) is 9.59 Å². The van der Waals surface area contributed by atoms with E-state index < -0.39 is 23.7 Å². The Morgan fingerprint density at radius 3 is 2.19 bits per heavy atom. The number of ether oxygens (including phenoxy) is 2. The molecule has 0 aromatic carbocycles. The fourth-order valence-electron chi connectivity index (χ4n) is 4.42. The number of piperidine rings is 1. The Bertz CT molecular complexity index is 535. The van der Waals surface area contributed by atoms with Crippen molar-refractivity contribution in [3.8, 4) is 0 Å². The van der Waals surface area contributed by atoms with Gasteiger partial charge < -0.3 is 14.8 Å². The van der Waals surface area contributed by atoms with Crippen molar-refractivity contribution in [3.63, 3.8) is 0 Å². The van der Waals surface area contributed by atoms with Crippen LogP contribution in [-0.4, -0.2) is 52.3 Å². The first kappa shape index (κ1) is 21.0. The van der Waals surface area contributed by atoms with Crippen LogP contribution < -0.4 is 5.32 Å². The lowest BCUT2D eigenvalue weighted by atomic mass is 9.91. The summed E-state index contributed by atoms with van der Waals surface area (Å²) in [5.41, 5.74) is -0.469. The Morgan fingerprint density at radius 2 is 1.69 bits per heavy atom. The summed E-state index contributed by atoms with van der Waals surface area (Å²) in [6.45, 7) is 16.0. The summed E-state index contributed by atoms with van der Waals surface area (Å²) < 4.78 is 10.9. The number of hydrogen-bond donors (Lipinski definition) is 1. The number of rotatable bonds is 3. The smallest absolute Gasteiger partial charge is 0.408 e. The van der Waals surface area contributed by atoms with Gasteiger partial charge in [-0.3, -0.25) is 4.90 Å². The van der Waals surface area contributed by atoms with E-state index in [0.29, 0.717) is 18.0 Å². The molecule has 150 valence electrons. The van der Waals surface area contributed by atoms with Gasteiger partial charge in [-0.2, -0.15) is 0 Å². The van der Waals surface area contributed by atoms with Crippen LogP contribution in [0.1, 0.15) is 74.7 Å². The van der Waals surface area contributed by atoms with Crippen LogP contribution in [0.15, 0.2) is 0 Å². The Labute approximate surface area is 158 Å². The van der Waals surface area contributed by atoms with Crippen LogP contribution in [0.5, 0.6) is 0 Å². The molecule has 0 aromatic heterocycles. The maximum Gasteiger partial charge on any atom is 0.408 e. The monoisotopic (exact) mass is 368 g/mol. The predicted molar refractivity (Wildman–Crippen MR) is 101 cm³/mol. The second kappa shape index (κ2) is 7.37. The molecule has 2 rings (SSSR count). The molecule has 0 spiro atoms. The molecule has 2 unspecified atom stereocenters. The predicted octanol–water partition coefficient (Wildman–Crippen LogP) is 3.48. The van der Waals surface area contributed by atoms with Crippen molar-refractivity contribution in [2.75, 3.05) is 0 Å². The van der Waals surface area contributed by atoms with E-state index in [4.69, 9.17) is 9.47 Å². The lowest BCUT2D eigenvalue weighted by Gasteiger charge is -2.47. The minimum absolute atomic E-state index is 0.0797. The number of esters is 1. The Kier molecular flexibility index (Phi) is 5.96. The summed E-state index contributed by atoms with van der Waals surface area (Å²) in [4.78, 5) is 26.8. The molecule has 2 heterocycles. The van der Waals surface area contributed by atoms with Gasteiger partial charge in [-0.05, 0) is 60.8 Å². The Hall–Kier alpha value is -1.30. The van der Waals surface area contributed by atoms with Crippen LogP contribution in [0, 0.1) is 5.92 Å². The van der Waals surface area contributed by atoms with Crippen molar-refractivity contribution < 1.29 is 19.1 Å². The lowest BCUT2D eigenvalue weighted by Crippen LogP contribution is -2.55. The molecule has 2 aliphatic rings. The fourth-order valence-corrected chi connectivity index (χ4v) is 4.42. The Morgan fingerprint density at radius 1 is 1.08 bits per heavy atom. The second-order valence-corrected chi connectivity index (χ2v) is 9.91. The number of carbonyl (C=O) groups is 2. The fraction of sp³-hybridized carbons (Fsp3) is 0.900. The second-order valence-electron chi connectivity index (χ2n) is 9.91. The van der Waals surface area contributed by atoms with Gasteiger partial charge >= 0.3 is 12.1 Å². The summed E-state index contributed by atoms with van der Waals surface area (Å²) in [5.74, 6) is 0.220. The highest BCUT2D eigenvalue weighted by atomic mass is 16.6. The minimum atomic E-state index is -0.722. The molecule has 0 aliphatic carbocycles.